The fourth-order valence-electron chi connectivity index (χ4n) is 2.59. The predicted molar refractivity (Wildman–Crippen MR) is 83.8 cm³/mol. The second-order valence-electron chi connectivity index (χ2n) is 5.81. The maximum atomic E-state index is 5.77. The Bertz CT molecular complexity index is 631. The van der Waals surface area contributed by atoms with Gasteiger partial charge < -0.3 is 19.4 Å². The average molecular weight is 286 g/mol. The van der Waals surface area contributed by atoms with Crippen molar-refractivity contribution in [3.63, 3.8) is 0 Å². The van der Waals surface area contributed by atoms with E-state index in [0.29, 0.717) is 0 Å². The third-order valence-corrected chi connectivity index (χ3v) is 3.52. The molecular weight excluding hydrogens is 264 g/mol. The Balaban J connectivity index is 1.68. The normalized spacial score (nSPS) is 15.2. The lowest BCUT2D eigenvalue weighted by atomic mass is 10.2. The van der Waals surface area contributed by atoms with Gasteiger partial charge in [-0.25, -0.2) is 0 Å². The molecule has 0 spiro atoms. The second kappa shape index (κ2) is 5.35. The summed E-state index contributed by atoms with van der Waals surface area (Å²) >= 11 is 0. The van der Waals surface area contributed by atoms with Gasteiger partial charge in [-0.3, -0.25) is 0 Å². The van der Waals surface area contributed by atoms with Crippen LogP contribution in [0.3, 0.4) is 0 Å². The lowest BCUT2D eigenvalue weighted by molar-refractivity contribution is -0.0431. The minimum Gasteiger partial charge on any atom is -0.449 e. The summed E-state index contributed by atoms with van der Waals surface area (Å²) < 4.78 is 13.7. The standard InChI is InChI=1S/C17H22N2O2/c1-4-9-19-10-5-6-14(19)12-18-13-7-8-15-16(11-13)21-17(2,3)20-15/h5-8,10-11,18H,4,9,12H2,1-3H3. The van der Waals surface area contributed by atoms with E-state index in [0.717, 1.165) is 36.7 Å². The van der Waals surface area contributed by atoms with Gasteiger partial charge in [0.25, 0.3) is 0 Å². The number of aromatic nitrogens is 1. The quantitative estimate of drug-likeness (QED) is 0.901. The molecule has 1 aromatic carbocycles. The Morgan fingerprint density at radius 3 is 2.76 bits per heavy atom. The Labute approximate surface area is 125 Å². The van der Waals surface area contributed by atoms with Crippen LogP contribution in [0.4, 0.5) is 5.69 Å². The SMILES string of the molecule is CCCn1cccc1CNc1ccc2c(c1)OC(C)(C)O2. The van der Waals surface area contributed by atoms with Crippen molar-refractivity contribution in [1.29, 1.82) is 0 Å². The number of ether oxygens (including phenoxy) is 2. The lowest BCUT2D eigenvalue weighted by Gasteiger charge is -2.16. The molecule has 0 unspecified atom stereocenters. The number of fused-ring (bicyclic) bond motifs is 1. The molecule has 2 aromatic rings. The highest BCUT2D eigenvalue weighted by Crippen LogP contribution is 2.40. The van der Waals surface area contributed by atoms with E-state index in [1.807, 2.05) is 32.0 Å². The van der Waals surface area contributed by atoms with Crippen molar-refractivity contribution < 1.29 is 9.47 Å². The molecule has 4 heteroatoms. The summed E-state index contributed by atoms with van der Waals surface area (Å²) in [7, 11) is 0. The molecule has 0 aliphatic carbocycles. The Kier molecular flexibility index (Phi) is 3.53. The van der Waals surface area contributed by atoms with Gasteiger partial charge in [0.05, 0.1) is 6.54 Å². The number of hydrogen-bond acceptors (Lipinski definition) is 3. The van der Waals surface area contributed by atoms with Crippen LogP contribution >= 0.6 is 0 Å². The summed E-state index contributed by atoms with van der Waals surface area (Å²) in [6.07, 6.45) is 3.27. The molecule has 0 saturated carbocycles. The van der Waals surface area contributed by atoms with E-state index in [1.165, 1.54) is 5.69 Å². The van der Waals surface area contributed by atoms with Crippen LogP contribution in [-0.4, -0.2) is 10.4 Å². The Hall–Kier alpha value is -2.10. The summed E-state index contributed by atoms with van der Waals surface area (Å²) in [5, 5.41) is 3.45. The van der Waals surface area contributed by atoms with Gasteiger partial charge in [-0.05, 0) is 30.7 Å². The number of aryl methyl sites for hydroxylation is 1. The lowest BCUT2D eigenvalue weighted by Crippen LogP contribution is -2.29. The van der Waals surface area contributed by atoms with Crippen molar-refractivity contribution >= 4 is 5.69 Å². The molecule has 21 heavy (non-hydrogen) atoms. The van der Waals surface area contributed by atoms with Crippen LogP contribution in [0.25, 0.3) is 0 Å². The first-order valence-corrected chi connectivity index (χ1v) is 7.47. The molecule has 2 heterocycles. The van der Waals surface area contributed by atoms with E-state index >= 15 is 0 Å². The zero-order valence-corrected chi connectivity index (χ0v) is 12.8. The van der Waals surface area contributed by atoms with Crippen LogP contribution in [-0.2, 0) is 13.1 Å². The van der Waals surface area contributed by atoms with Crippen molar-refractivity contribution in [1.82, 2.24) is 4.57 Å². The molecule has 0 fully saturated rings. The van der Waals surface area contributed by atoms with Gasteiger partial charge in [0.15, 0.2) is 11.5 Å². The molecule has 1 aromatic heterocycles. The monoisotopic (exact) mass is 286 g/mol. The van der Waals surface area contributed by atoms with Gasteiger partial charge in [-0.15, -0.1) is 0 Å². The Morgan fingerprint density at radius 2 is 1.95 bits per heavy atom. The van der Waals surface area contributed by atoms with Crippen LogP contribution in [0.2, 0.25) is 0 Å². The highest BCUT2D eigenvalue weighted by molar-refractivity contribution is 5.56. The minimum absolute atomic E-state index is 0.573. The van der Waals surface area contributed by atoms with E-state index in [-0.39, 0.29) is 0 Å². The van der Waals surface area contributed by atoms with Crippen molar-refractivity contribution in [2.24, 2.45) is 0 Å². The van der Waals surface area contributed by atoms with Gasteiger partial charge in [-0.2, -0.15) is 0 Å². The second-order valence-corrected chi connectivity index (χ2v) is 5.81. The number of hydrogen-bond donors (Lipinski definition) is 1. The van der Waals surface area contributed by atoms with Crippen LogP contribution < -0.4 is 14.8 Å². The van der Waals surface area contributed by atoms with Crippen LogP contribution in [0.5, 0.6) is 11.5 Å². The molecule has 0 saturated heterocycles. The average Bonchev–Trinajstić information content (AvgIpc) is 2.98. The van der Waals surface area contributed by atoms with E-state index in [9.17, 15) is 0 Å². The molecule has 1 aliphatic heterocycles. The van der Waals surface area contributed by atoms with Gasteiger partial charge >= 0.3 is 0 Å². The van der Waals surface area contributed by atoms with Crippen LogP contribution in [0, 0.1) is 0 Å². The third kappa shape index (κ3) is 2.99. The fourth-order valence-corrected chi connectivity index (χ4v) is 2.59. The molecule has 0 bridgehead atoms. The molecule has 112 valence electrons. The zero-order valence-electron chi connectivity index (χ0n) is 12.8. The molecule has 3 rings (SSSR count). The number of rotatable bonds is 5. The summed E-state index contributed by atoms with van der Waals surface area (Å²) in [6, 6.07) is 10.2. The fraction of sp³-hybridized carbons (Fsp3) is 0.412. The molecule has 0 atom stereocenters. The maximum absolute atomic E-state index is 5.77. The van der Waals surface area contributed by atoms with Crippen molar-refractivity contribution in [3.05, 3.63) is 42.2 Å². The number of nitrogens with zero attached hydrogens (tertiary/aromatic N) is 1. The molecule has 1 N–H and O–H groups in total. The van der Waals surface area contributed by atoms with Gasteiger partial charge in [0, 0.05) is 44.0 Å². The first kappa shape index (κ1) is 13.9. The van der Waals surface area contributed by atoms with Crippen molar-refractivity contribution in [2.45, 2.75) is 46.1 Å². The summed E-state index contributed by atoms with van der Waals surface area (Å²) in [5.41, 5.74) is 2.33. The third-order valence-electron chi connectivity index (χ3n) is 3.52. The molecular formula is C17H22N2O2. The highest BCUT2D eigenvalue weighted by atomic mass is 16.7. The zero-order chi connectivity index (χ0) is 14.9. The highest BCUT2D eigenvalue weighted by Gasteiger charge is 2.31. The molecule has 0 amide bonds. The number of benzene rings is 1. The smallest absolute Gasteiger partial charge is 0.246 e. The summed E-state index contributed by atoms with van der Waals surface area (Å²) in [4.78, 5) is 0. The number of anilines is 1. The van der Waals surface area contributed by atoms with Crippen LogP contribution in [0.15, 0.2) is 36.5 Å². The first-order chi connectivity index (χ1) is 10.1. The van der Waals surface area contributed by atoms with Gasteiger partial charge in [0.1, 0.15) is 0 Å². The minimum atomic E-state index is -0.573. The van der Waals surface area contributed by atoms with E-state index < -0.39 is 5.79 Å². The largest absolute Gasteiger partial charge is 0.449 e. The van der Waals surface area contributed by atoms with Crippen molar-refractivity contribution in [2.75, 3.05) is 5.32 Å². The molecule has 4 nitrogen and oxygen atoms in total. The predicted octanol–water partition coefficient (Wildman–Crippen LogP) is 4.02. The van der Waals surface area contributed by atoms with E-state index in [2.05, 4.69) is 35.1 Å². The molecule has 1 aliphatic rings. The first-order valence-electron chi connectivity index (χ1n) is 7.47. The van der Waals surface area contributed by atoms with Crippen LogP contribution in [0.1, 0.15) is 32.9 Å². The summed E-state index contributed by atoms with van der Waals surface area (Å²) in [5.74, 6) is 1.03. The maximum Gasteiger partial charge on any atom is 0.246 e. The van der Waals surface area contributed by atoms with E-state index in [4.69, 9.17) is 9.47 Å². The van der Waals surface area contributed by atoms with Gasteiger partial charge in [-0.1, -0.05) is 6.92 Å². The van der Waals surface area contributed by atoms with Crippen molar-refractivity contribution in [3.8, 4) is 11.5 Å². The topological polar surface area (TPSA) is 35.4 Å². The number of nitrogens with one attached hydrogen (secondary N) is 1. The summed E-state index contributed by atoms with van der Waals surface area (Å²) in [6.45, 7) is 7.88. The van der Waals surface area contributed by atoms with E-state index in [1.54, 1.807) is 0 Å². The molecule has 0 radical (unpaired) electrons. The Morgan fingerprint density at radius 1 is 1.14 bits per heavy atom. The van der Waals surface area contributed by atoms with Gasteiger partial charge in [0.2, 0.25) is 5.79 Å².